The lowest BCUT2D eigenvalue weighted by Gasteiger charge is -2.29. The molecule has 0 saturated heterocycles. The van der Waals surface area contributed by atoms with Gasteiger partial charge in [-0.3, -0.25) is 0 Å². The summed E-state index contributed by atoms with van der Waals surface area (Å²) in [4.78, 5) is 2.75. The summed E-state index contributed by atoms with van der Waals surface area (Å²) in [6.07, 6.45) is 12.6. The van der Waals surface area contributed by atoms with Gasteiger partial charge in [0, 0.05) is 0 Å². The molecular formula is C20H45NSi. The van der Waals surface area contributed by atoms with E-state index >= 15 is 0 Å². The van der Waals surface area contributed by atoms with Gasteiger partial charge in [-0.25, -0.2) is 0 Å². The zero-order valence-electron chi connectivity index (χ0n) is 16.6. The van der Waals surface area contributed by atoms with Crippen LogP contribution in [0.15, 0.2) is 0 Å². The van der Waals surface area contributed by atoms with Crippen molar-refractivity contribution in [3.63, 3.8) is 0 Å². The molecule has 0 aliphatic heterocycles. The van der Waals surface area contributed by atoms with E-state index in [1.807, 2.05) is 0 Å². The summed E-state index contributed by atoms with van der Waals surface area (Å²) in [6.45, 7) is 16.1. The summed E-state index contributed by atoms with van der Waals surface area (Å²) in [5, 5.41) is 0. The van der Waals surface area contributed by atoms with Crippen LogP contribution in [0.2, 0.25) is 24.7 Å². The molecule has 22 heavy (non-hydrogen) atoms. The lowest BCUT2D eigenvalue weighted by atomic mass is 10.2. The fourth-order valence-corrected chi connectivity index (χ4v) is 7.59. The van der Waals surface area contributed by atoms with Crippen LogP contribution in [-0.4, -0.2) is 32.6 Å². The summed E-state index contributed by atoms with van der Waals surface area (Å²) < 4.78 is 0. The van der Waals surface area contributed by atoms with Gasteiger partial charge in [0.2, 0.25) is 0 Å². The van der Waals surface area contributed by atoms with Crippen molar-refractivity contribution in [1.29, 1.82) is 0 Å². The van der Waals surface area contributed by atoms with Crippen LogP contribution in [0.25, 0.3) is 0 Å². The monoisotopic (exact) mass is 327 g/mol. The van der Waals surface area contributed by atoms with Gasteiger partial charge in [0.15, 0.2) is 0 Å². The molecule has 0 aromatic heterocycles. The molecule has 0 amide bonds. The molecule has 0 rings (SSSR count). The second-order valence-corrected chi connectivity index (χ2v) is 12.8. The Morgan fingerprint density at radius 3 is 1.32 bits per heavy atom. The Balaban J connectivity index is 4.22. The fraction of sp³-hybridized carbons (Fsp3) is 1.00. The van der Waals surface area contributed by atoms with Gasteiger partial charge in [0.05, 0.1) is 8.07 Å². The summed E-state index contributed by atoms with van der Waals surface area (Å²) in [6, 6.07) is 4.72. The smallest absolute Gasteiger partial charge is 0.0505 e. The SMILES string of the molecule is CCCCN(CCCC)CCC[Si](C)(CCCC)CCCC. The first-order valence-corrected chi connectivity index (χ1v) is 13.5. The van der Waals surface area contributed by atoms with Crippen molar-refractivity contribution < 1.29 is 0 Å². The Labute approximate surface area is 143 Å². The van der Waals surface area contributed by atoms with Crippen molar-refractivity contribution in [2.24, 2.45) is 0 Å². The third-order valence-corrected chi connectivity index (χ3v) is 9.86. The van der Waals surface area contributed by atoms with E-state index in [0.29, 0.717) is 0 Å². The van der Waals surface area contributed by atoms with Gasteiger partial charge in [0.25, 0.3) is 0 Å². The molecule has 0 heterocycles. The highest BCUT2D eigenvalue weighted by molar-refractivity contribution is 6.78. The third-order valence-electron chi connectivity index (χ3n) is 5.18. The highest BCUT2D eigenvalue weighted by Crippen LogP contribution is 2.27. The molecule has 0 bridgehead atoms. The minimum absolute atomic E-state index is 0.947. The Morgan fingerprint density at radius 2 is 0.909 bits per heavy atom. The fourth-order valence-electron chi connectivity index (χ4n) is 3.41. The standard InChI is InChI=1S/C20H45NSi/c1-6-10-15-21(16-11-7-2)17-14-20-22(5,18-12-8-3)19-13-9-4/h6-20H2,1-5H3. The molecule has 0 N–H and O–H groups in total. The lowest BCUT2D eigenvalue weighted by molar-refractivity contribution is 0.265. The van der Waals surface area contributed by atoms with Gasteiger partial charge in [-0.2, -0.15) is 0 Å². The van der Waals surface area contributed by atoms with E-state index in [2.05, 4.69) is 39.1 Å². The zero-order chi connectivity index (χ0) is 16.7. The second-order valence-electron chi connectivity index (χ2n) is 7.67. The van der Waals surface area contributed by atoms with E-state index in [1.54, 1.807) is 18.1 Å². The predicted molar refractivity (Wildman–Crippen MR) is 107 cm³/mol. The largest absolute Gasteiger partial charge is 0.303 e. The maximum absolute atomic E-state index is 2.75. The van der Waals surface area contributed by atoms with Crippen molar-refractivity contribution in [3.8, 4) is 0 Å². The Bertz CT molecular complexity index is 214. The van der Waals surface area contributed by atoms with Crippen LogP contribution >= 0.6 is 0 Å². The van der Waals surface area contributed by atoms with E-state index < -0.39 is 8.07 Å². The molecule has 0 aromatic rings. The first-order chi connectivity index (χ1) is 10.6. The summed E-state index contributed by atoms with van der Waals surface area (Å²) in [7, 11) is -0.947. The van der Waals surface area contributed by atoms with E-state index in [0.717, 1.165) is 0 Å². The number of unbranched alkanes of at least 4 members (excludes halogenated alkanes) is 4. The van der Waals surface area contributed by atoms with Crippen LogP contribution < -0.4 is 0 Å². The van der Waals surface area contributed by atoms with E-state index in [1.165, 1.54) is 77.4 Å². The Morgan fingerprint density at radius 1 is 0.545 bits per heavy atom. The molecule has 0 aliphatic carbocycles. The molecule has 0 radical (unpaired) electrons. The van der Waals surface area contributed by atoms with Gasteiger partial charge in [0.1, 0.15) is 0 Å². The van der Waals surface area contributed by atoms with E-state index in [4.69, 9.17) is 0 Å². The van der Waals surface area contributed by atoms with Crippen molar-refractivity contribution in [2.45, 2.75) is 110 Å². The van der Waals surface area contributed by atoms with Gasteiger partial charge < -0.3 is 4.90 Å². The number of hydrogen-bond donors (Lipinski definition) is 0. The lowest BCUT2D eigenvalue weighted by Crippen LogP contribution is -2.33. The van der Waals surface area contributed by atoms with Crippen LogP contribution in [0.1, 0.15) is 85.5 Å². The molecule has 2 heteroatoms. The first kappa shape index (κ1) is 22.2. The topological polar surface area (TPSA) is 3.24 Å². The normalized spacial score (nSPS) is 12.3. The minimum Gasteiger partial charge on any atom is -0.303 e. The summed E-state index contributed by atoms with van der Waals surface area (Å²) in [5.41, 5.74) is 0. The summed E-state index contributed by atoms with van der Waals surface area (Å²) in [5.74, 6) is 0. The third kappa shape index (κ3) is 11.7. The zero-order valence-corrected chi connectivity index (χ0v) is 17.6. The molecule has 0 fully saturated rings. The van der Waals surface area contributed by atoms with Gasteiger partial charge in [-0.15, -0.1) is 0 Å². The molecular weight excluding hydrogens is 282 g/mol. The number of hydrogen-bond acceptors (Lipinski definition) is 1. The highest BCUT2D eigenvalue weighted by atomic mass is 28.3. The maximum Gasteiger partial charge on any atom is 0.0505 e. The predicted octanol–water partition coefficient (Wildman–Crippen LogP) is 6.96. The van der Waals surface area contributed by atoms with Crippen LogP contribution in [-0.2, 0) is 0 Å². The molecule has 0 atom stereocenters. The van der Waals surface area contributed by atoms with Gasteiger partial charge in [-0.05, 0) is 38.9 Å². The van der Waals surface area contributed by atoms with Crippen molar-refractivity contribution in [1.82, 2.24) is 4.90 Å². The molecule has 0 aromatic carbocycles. The molecule has 0 saturated carbocycles. The van der Waals surface area contributed by atoms with Crippen LogP contribution in [0.3, 0.4) is 0 Å². The van der Waals surface area contributed by atoms with E-state index in [-0.39, 0.29) is 0 Å². The van der Waals surface area contributed by atoms with Crippen molar-refractivity contribution in [2.75, 3.05) is 19.6 Å². The van der Waals surface area contributed by atoms with Crippen LogP contribution in [0.5, 0.6) is 0 Å². The average molecular weight is 328 g/mol. The highest BCUT2D eigenvalue weighted by Gasteiger charge is 2.25. The molecule has 134 valence electrons. The second kappa shape index (κ2) is 14.7. The molecule has 0 unspecified atom stereocenters. The summed E-state index contributed by atoms with van der Waals surface area (Å²) >= 11 is 0. The average Bonchev–Trinajstić information content (AvgIpc) is 2.53. The number of nitrogens with zero attached hydrogens (tertiary/aromatic N) is 1. The van der Waals surface area contributed by atoms with Crippen molar-refractivity contribution in [3.05, 3.63) is 0 Å². The van der Waals surface area contributed by atoms with Gasteiger partial charge in [-0.1, -0.05) is 90.9 Å². The minimum atomic E-state index is -0.947. The molecule has 0 aliphatic rings. The van der Waals surface area contributed by atoms with Crippen molar-refractivity contribution >= 4 is 8.07 Å². The maximum atomic E-state index is 2.75. The quantitative estimate of drug-likeness (QED) is 0.277. The van der Waals surface area contributed by atoms with Crippen LogP contribution in [0, 0.1) is 0 Å². The molecule has 0 spiro atoms. The van der Waals surface area contributed by atoms with Gasteiger partial charge >= 0.3 is 0 Å². The Hall–Kier alpha value is 0.177. The Kier molecular flexibility index (Phi) is 14.9. The molecule has 1 nitrogen and oxygen atoms in total. The first-order valence-electron chi connectivity index (χ1n) is 10.3. The van der Waals surface area contributed by atoms with Crippen LogP contribution in [0.4, 0.5) is 0 Å². The number of rotatable bonds is 16. The van der Waals surface area contributed by atoms with E-state index in [9.17, 15) is 0 Å².